The van der Waals surface area contributed by atoms with Gasteiger partial charge in [0.05, 0.1) is 17.9 Å². The van der Waals surface area contributed by atoms with Crippen LogP contribution in [0, 0.1) is 5.82 Å². The molecule has 1 aliphatic carbocycles. The Morgan fingerprint density at radius 3 is 2.93 bits per heavy atom. The van der Waals surface area contributed by atoms with Crippen molar-refractivity contribution in [3.05, 3.63) is 52.7 Å². The second-order valence-corrected chi connectivity index (χ2v) is 7.15. The van der Waals surface area contributed by atoms with E-state index < -0.39 is 0 Å². The highest BCUT2D eigenvalue weighted by Crippen LogP contribution is 2.39. The molecule has 1 aromatic carbocycles. The van der Waals surface area contributed by atoms with Gasteiger partial charge in [0.15, 0.2) is 11.6 Å². The van der Waals surface area contributed by atoms with Crippen molar-refractivity contribution in [2.24, 2.45) is 0 Å². The maximum absolute atomic E-state index is 13.8. The Kier molecular flexibility index (Phi) is 4.09. The van der Waals surface area contributed by atoms with Gasteiger partial charge in [-0.15, -0.1) is 0 Å². The lowest BCUT2D eigenvalue weighted by atomic mass is 10.1. The number of halogens is 2. The number of nitrogens with zero attached hydrogens (tertiary/aromatic N) is 4. The molecule has 10 heteroatoms. The van der Waals surface area contributed by atoms with E-state index >= 15 is 0 Å². The van der Waals surface area contributed by atoms with Gasteiger partial charge >= 0.3 is 0 Å². The predicted molar refractivity (Wildman–Crippen MR) is 104 cm³/mol. The third-order valence-corrected chi connectivity index (χ3v) is 4.93. The fourth-order valence-electron chi connectivity index (χ4n) is 3.07. The lowest BCUT2D eigenvalue weighted by Crippen LogP contribution is -2.06. The Morgan fingerprint density at radius 1 is 1.18 bits per heavy atom. The Hall–Kier alpha value is -3.20. The molecule has 1 saturated carbocycles. The number of nitrogens with one attached hydrogen (secondary N) is 4. The minimum absolute atomic E-state index is 0.335. The smallest absolute Gasteiger partial charge is 0.224 e. The van der Waals surface area contributed by atoms with E-state index in [0.29, 0.717) is 40.6 Å². The van der Waals surface area contributed by atoms with Crippen LogP contribution in [0.3, 0.4) is 0 Å². The maximum Gasteiger partial charge on any atom is 0.224 e. The number of rotatable bonds is 6. The average molecular weight is 399 g/mol. The number of aromatic amines is 2. The van der Waals surface area contributed by atoms with E-state index in [0.717, 1.165) is 16.6 Å². The molecule has 3 aromatic heterocycles. The molecule has 4 N–H and O–H groups in total. The molecule has 0 amide bonds. The van der Waals surface area contributed by atoms with Crippen LogP contribution in [0.2, 0.25) is 5.02 Å². The Balaban J connectivity index is 1.34. The second kappa shape index (κ2) is 6.75. The Morgan fingerprint density at radius 2 is 2.07 bits per heavy atom. The summed E-state index contributed by atoms with van der Waals surface area (Å²) < 4.78 is 13.8. The number of hydrogen-bond donors (Lipinski definition) is 4. The van der Waals surface area contributed by atoms with E-state index in [4.69, 9.17) is 11.6 Å². The van der Waals surface area contributed by atoms with Crippen LogP contribution in [0.5, 0.6) is 0 Å². The zero-order chi connectivity index (χ0) is 19.1. The summed E-state index contributed by atoms with van der Waals surface area (Å²) in [5.41, 5.74) is 2.50. The first kappa shape index (κ1) is 16.9. The summed E-state index contributed by atoms with van der Waals surface area (Å²) in [6, 6.07) is 4.83. The average Bonchev–Trinajstić information content (AvgIpc) is 3.24. The molecule has 0 spiro atoms. The number of benzene rings is 1. The minimum Gasteiger partial charge on any atom is -0.350 e. The summed E-state index contributed by atoms with van der Waals surface area (Å²) >= 11 is 6.21. The molecular weight excluding hydrogens is 383 g/mol. The molecule has 3 heterocycles. The van der Waals surface area contributed by atoms with E-state index in [2.05, 4.69) is 41.0 Å². The molecule has 28 heavy (non-hydrogen) atoms. The molecule has 0 radical (unpaired) electrons. The van der Waals surface area contributed by atoms with E-state index in [1.165, 1.54) is 31.2 Å². The van der Waals surface area contributed by atoms with Gasteiger partial charge in [0.1, 0.15) is 10.8 Å². The van der Waals surface area contributed by atoms with Crippen molar-refractivity contribution < 1.29 is 4.39 Å². The van der Waals surface area contributed by atoms with Gasteiger partial charge in [-0.05, 0) is 30.5 Å². The molecule has 1 aliphatic rings. The van der Waals surface area contributed by atoms with Gasteiger partial charge in [-0.1, -0.05) is 11.6 Å². The number of fused-ring (bicyclic) bond motifs is 1. The standard InChI is InChI=1S/C18H16ClFN8/c19-13-8-22-18(21-6-10-3-11(20)4-15-12(10)7-23-26-15)25-17(13)24-16-5-14(27-28-16)9-1-2-9/h3-5,7-9H,1-2,6H2,(H,23,26)(H3,21,22,24,25,27,28). The van der Waals surface area contributed by atoms with Crippen molar-refractivity contribution >= 4 is 40.1 Å². The van der Waals surface area contributed by atoms with Gasteiger partial charge in [-0.2, -0.15) is 15.2 Å². The zero-order valence-electron chi connectivity index (χ0n) is 14.6. The van der Waals surface area contributed by atoms with Crippen LogP contribution < -0.4 is 10.6 Å². The Bertz CT molecular complexity index is 1150. The van der Waals surface area contributed by atoms with Gasteiger partial charge in [-0.3, -0.25) is 10.2 Å². The predicted octanol–water partition coefficient (Wildman–Crippen LogP) is 4.10. The highest BCUT2D eigenvalue weighted by atomic mass is 35.5. The van der Waals surface area contributed by atoms with Crippen LogP contribution >= 0.6 is 11.6 Å². The number of anilines is 3. The number of hydrogen-bond acceptors (Lipinski definition) is 6. The molecule has 5 rings (SSSR count). The maximum atomic E-state index is 13.8. The summed E-state index contributed by atoms with van der Waals surface area (Å²) in [5, 5.41) is 21.4. The topological polar surface area (TPSA) is 107 Å². The van der Waals surface area contributed by atoms with Gasteiger partial charge in [0.2, 0.25) is 5.95 Å². The summed E-state index contributed by atoms with van der Waals surface area (Å²) in [4.78, 5) is 8.60. The van der Waals surface area contributed by atoms with Gasteiger partial charge in [0.25, 0.3) is 0 Å². The van der Waals surface area contributed by atoms with E-state index in [1.54, 1.807) is 6.20 Å². The van der Waals surface area contributed by atoms with Crippen LogP contribution in [-0.4, -0.2) is 30.4 Å². The van der Waals surface area contributed by atoms with Crippen molar-refractivity contribution in [2.45, 2.75) is 25.3 Å². The monoisotopic (exact) mass is 398 g/mol. The van der Waals surface area contributed by atoms with Crippen molar-refractivity contribution in [3.63, 3.8) is 0 Å². The van der Waals surface area contributed by atoms with Gasteiger partial charge in [0, 0.05) is 29.6 Å². The third-order valence-electron chi connectivity index (χ3n) is 4.65. The summed E-state index contributed by atoms with van der Waals surface area (Å²) in [5.74, 6) is 1.70. The molecule has 0 saturated heterocycles. The normalized spacial score (nSPS) is 13.8. The second-order valence-electron chi connectivity index (χ2n) is 6.75. The lowest BCUT2D eigenvalue weighted by molar-refractivity contribution is 0.627. The van der Waals surface area contributed by atoms with Crippen molar-refractivity contribution in [1.29, 1.82) is 0 Å². The van der Waals surface area contributed by atoms with Crippen LogP contribution in [0.25, 0.3) is 10.9 Å². The number of aromatic nitrogens is 6. The number of H-pyrrole nitrogens is 2. The molecule has 0 atom stereocenters. The van der Waals surface area contributed by atoms with E-state index in [-0.39, 0.29) is 5.82 Å². The van der Waals surface area contributed by atoms with Crippen LogP contribution in [0.4, 0.5) is 22.0 Å². The third kappa shape index (κ3) is 3.36. The summed E-state index contributed by atoms with van der Waals surface area (Å²) in [6.07, 6.45) is 5.55. The highest BCUT2D eigenvalue weighted by Gasteiger charge is 2.25. The van der Waals surface area contributed by atoms with Crippen molar-refractivity contribution in [3.8, 4) is 0 Å². The lowest BCUT2D eigenvalue weighted by Gasteiger charge is -2.09. The molecular formula is C18H16ClFN8. The van der Waals surface area contributed by atoms with E-state index in [1.807, 2.05) is 6.07 Å². The summed E-state index contributed by atoms with van der Waals surface area (Å²) in [7, 11) is 0. The molecule has 0 aliphatic heterocycles. The highest BCUT2D eigenvalue weighted by molar-refractivity contribution is 6.32. The fourth-order valence-corrected chi connectivity index (χ4v) is 3.21. The summed E-state index contributed by atoms with van der Waals surface area (Å²) in [6.45, 7) is 0.336. The minimum atomic E-state index is -0.335. The first-order chi connectivity index (χ1) is 13.7. The van der Waals surface area contributed by atoms with Crippen LogP contribution in [-0.2, 0) is 6.54 Å². The molecule has 0 bridgehead atoms. The SMILES string of the molecule is Fc1cc(CNc2ncc(Cl)c(Nc3cc(C4CC4)[nH]n3)n2)c2cn[nH]c2c1. The van der Waals surface area contributed by atoms with Gasteiger partial charge in [-0.25, -0.2) is 9.37 Å². The first-order valence-electron chi connectivity index (χ1n) is 8.86. The zero-order valence-corrected chi connectivity index (χ0v) is 15.4. The van der Waals surface area contributed by atoms with Crippen molar-refractivity contribution in [1.82, 2.24) is 30.4 Å². The van der Waals surface area contributed by atoms with Gasteiger partial charge < -0.3 is 10.6 Å². The molecule has 1 fully saturated rings. The molecule has 8 nitrogen and oxygen atoms in total. The molecule has 4 aromatic rings. The van der Waals surface area contributed by atoms with E-state index in [9.17, 15) is 4.39 Å². The van der Waals surface area contributed by atoms with Crippen molar-refractivity contribution in [2.75, 3.05) is 10.6 Å². The largest absolute Gasteiger partial charge is 0.350 e. The quantitative estimate of drug-likeness (QED) is 0.389. The fraction of sp³-hybridized carbons (Fsp3) is 0.222. The molecule has 0 unspecified atom stereocenters. The van der Waals surface area contributed by atoms with Crippen LogP contribution in [0.1, 0.15) is 30.0 Å². The molecule has 142 valence electrons. The Labute approximate surface area is 163 Å². The first-order valence-corrected chi connectivity index (χ1v) is 9.24. The van der Waals surface area contributed by atoms with Crippen LogP contribution in [0.15, 0.2) is 30.6 Å².